The van der Waals surface area contributed by atoms with Crippen LogP contribution in [-0.2, 0) is 32.6 Å². The molecule has 2 aromatic heterocycles. The van der Waals surface area contributed by atoms with E-state index in [9.17, 15) is 30.0 Å². The summed E-state index contributed by atoms with van der Waals surface area (Å²) in [5, 5.41) is 4.38. The number of halogens is 3. The number of hydrogen-bond donors (Lipinski definition) is 3. The molecular formula is C23H23F3N6O4S2. The fourth-order valence-electron chi connectivity index (χ4n) is 4.85. The number of nitrogens with one attached hydrogen (secondary N) is 3. The van der Waals surface area contributed by atoms with Crippen molar-refractivity contribution in [3.05, 3.63) is 65.0 Å². The van der Waals surface area contributed by atoms with Gasteiger partial charge in [-0.05, 0) is 42.2 Å². The Bertz CT molecular complexity index is 1610. The Hall–Kier alpha value is -3.46. The van der Waals surface area contributed by atoms with E-state index in [1.54, 1.807) is 18.2 Å². The van der Waals surface area contributed by atoms with Gasteiger partial charge in [0.1, 0.15) is 17.2 Å². The van der Waals surface area contributed by atoms with Gasteiger partial charge in [-0.2, -0.15) is 18.2 Å². The summed E-state index contributed by atoms with van der Waals surface area (Å²) in [4.78, 5) is 11.8. The average molecular weight is 569 g/mol. The van der Waals surface area contributed by atoms with Gasteiger partial charge in [0.2, 0.25) is 16.0 Å². The number of sulfonamides is 1. The van der Waals surface area contributed by atoms with Crippen LogP contribution < -0.4 is 15.4 Å². The Morgan fingerprint density at radius 1 is 1.05 bits per heavy atom. The molecule has 2 aliphatic heterocycles. The maximum atomic E-state index is 13.7. The standard InChI is InChI=1S/C23H23F3N6O4S2/c1-37(33,34)32-20-13(4-3-9-27-20)11-28-21-17(23(24,25)26)12-29-22(31-21)30-14-7-8-15-16(10-14)19-6-2-5-18(15)38(19,35)36/h3-4,7-10,12,18-19H,2,5-6,11H2,1H3,(H,27,32)(H2,28,29,30,31). The molecule has 202 valence electrons. The molecule has 0 radical (unpaired) electrons. The number of hydrogen-bond acceptors (Lipinski definition) is 9. The van der Waals surface area contributed by atoms with Crippen LogP contribution in [0.2, 0.25) is 0 Å². The largest absolute Gasteiger partial charge is 0.421 e. The third-order valence-electron chi connectivity index (χ3n) is 6.48. The molecule has 3 aromatic rings. The highest BCUT2D eigenvalue weighted by Crippen LogP contribution is 2.53. The lowest BCUT2D eigenvalue weighted by atomic mass is 10.0. The van der Waals surface area contributed by atoms with Crippen LogP contribution in [0.1, 0.15) is 52.0 Å². The van der Waals surface area contributed by atoms with Crippen LogP contribution in [0.25, 0.3) is 0 Å². The van der Waals surface area contributed by atoms with Crippen molar-refractivity contribution in [2.24, 2.45) is 0 Å². The number of nitrogens with zero attached hydrogens (tertiary/aromatic N) is 3. The van der Waals surface area contributed by atoms with Gasteiger partial charge in [0.05, 0.1) is 16.8 Å². The molecule has 2 bridgehead atoms. The first-order valence-corrected chi connectivity index (χ1v) is 15.1. The summed E-state index contributed by atoms with van der Waals surface area (Å²) < 4.78 is 92.0. The van der Waals surface area contributed by atoms with Gasteiger partial charge in [0.15, 0.2) is 9.84 Å². The predicted molar refractivity (Wildman–Crippen MR) is 135 cm³/mol. The minimum Gasteiger partial charge on any atom is -0.365 e. The van der Waals surface area contributed by atoms with Gasteiger partial charge in [-0.25, -0.2) is 26.8 Å². The highest BCUT2D eigenvalue weighted by molar-refractivity contribution is 7.92. The zero-order valence-corrected chi connectivity index (χ0v) is 21.6. The molecule has 5 rings (SSSR count). The van der Waals surface area contributed by atoms with Gasteiger partial charge in [-0.3, -0.25) is 4.72 Å². The van der Waals surface area contributed by atoms with Gasteiger partial charge >= 0.3 is 6.18 Å². The molecule has 0 aliphatic carbocycles. The maximum absolute atomic E-state index is 13.7. The molecule has 0 saturated carbocycles. The highest BCUT2D eigenvalue weighted by Gasteiger charge is 2.47. The van der Waals surface area contributed by atoms with E-state index in [4.69, 9.17) is 0 Å². The Morgan fingerprint density at radius 2 is 1.79 bits per heavy atom. The molecule has 2 aliphatic rings. The van der Waals surface area contributed by atoms with E-state index in [1.807, 2.05) is 0 Å². The van der Waals surface area contributed by atoms with Crippen molar-refractivity contribution in [1.29, 1.82) is 0 Å². The number of sulfone groups is 1. The number of benzene rings is 1. The monoisotopic (exact) mass is 568 g/mol. The minimum atomic E-state index is -4.76. The Labute approximate surface area is 217 Å². The first-order chi connectivity index (χ1) is 17.8. The van der Waals surface area contributed by atoms with Gasteiger partial charge in [0, 0.05) is 30.2 Å². The van der Waals surface area contributed by atoms with E-state index in [2.05, 4.69) is 30.3 Å². The van der Waals surface area contributed by atoms with Gasteiger partial charge in [0.25, 0.3) is 0 Å². The summed E-state index contributed by atoms with van der Waals surface area (Å²) in [7, 11) is -6.96. The zero-order valence-electron chi connectivity index (χ0n) is 19.9. The second-order valence-corrected chi connectivity index (χ2v) is 13.2. The van der Waals surface area contributed by atoms with E-state index in [0.29, 0.717) is 35.9 Å². The molecule has 1 aromatic carbocycles. The maximum Gasteiger partial charge on any atom is 0.421 e. The lowest BCUT2D eigenvalue weighted by Gasteiger charge is -2.19. The molecule has 3 N–H and O–H groups in total. The van der Waals surface area contributed by atoms with Gasteiger partial charge in [-0.15, -0.1) is 0 Å². The summed E-state index contributed by atoms with van der Waals surface area (Å²) >= 11 is 0. The van der Waals surface area contributed by atoms with Gasteiger partial charge < -0.3 is 10.6 Å². The quantitative estimate of drug-likeness (QED) is 0.380. The summed E-state index contributed by atoms with van der Waals surface area (Å²) in [6.45, 7) is -0.217. The first kappa shape index (κ1) is 26.2. The second kappa shape index (κ2) is 9.38. The Balaban J connectivity index is 1.42. The third kappa shape index (κ3) is 5.12. The van der Waals surface area contributed by atoms with E-state index in [0.717, 1.165) is 18.2 Å². The van der Waals surface area contributed by atoms with Crippen molar-refractivity contribution >= 4 is 43.1 Å². The van der Waals surface area contributed by atoms with Gasteiger partial charge in [-0.1, -0.05) is 18.6 Å². The fourth-order valence-corrected chi connectivity index (χ4v) is 7.89. The Kier molecular flexibility index (Phi) is 6.46. The smallest absolute Gasteiger partial charge is 0.365 e. The van der Waals surface area contributed by atoms with Crippen LogP contribution in [0, 0.1) is 0 Å². The highest BCUT2D eigenvalue weighted by atomic mass is 32.2. The summed E-state index contributed by atoms with van der Waals surface area (Å²) in [5.74, 6) is -0.685. The molecule has 1 fully saturated rings. The molecule has 10 nitrogen and oxygen atoms in total. The molecule has 15 heteroatoms. The Morgan fingerprint density at radius 3 is 2.50 bits per heavy atom. The molecule has 2 atom stereocenters. The summed E-state index contributed by atoms with van der Waals surface area (Å²) in [6, 6.07) is 8.10. The number of anilines is 4. The molecule has 38 heavy (non-hydrogen) atoms. The number of fused-ring (bicyclic) bond motifs is 5. The lowest BCUT2D eigenvalue weighted by Crippen LogP contribution is -2.17. The van der Waals surface area contributed by atoms with Crippen molar-refractivity contribution < 1.29 is 30.0 Å². The van der Waals surface area contributed by atoms with E-state index in [1.165, 1.54) is 18.3 Å². The number of pyridine rings is 1. The minimum absolute atomic E-state index is 0.0261. The van der Waals surface area contributed by atoms with Crippen LogP contribution in [0.4, 0.5) is 36.4 Å². The average Bonchev–Trinajstić information content (AvgIpc) is 2.94. The molecule has 1 saturated heterocycles. The summed E-state index contributed by atoms with van der Waals surface area (Å²) in [5.41, 5.74) is 1.10. The fraction of sp³-hybridized carbons (Fsp3) is 0.348. The zero-order chi connectivity index (χ0) is 27.3. The van der Waals surface area contributed by atoms with Crippen molar-refractivity contribution in [2.45, 2.75) is 42.5 Å². The lowest BCUT2D eigenvalue weighted by molar-refractivity contribution is -0.137. The molecule has 0 spiro atoms. The summed E-state index contributed by atoms with van der Waals surface area (Å²) in [6.07, 6.45) is 0.0787. The molecule has 4 heterocycles. The van der Waals surface area contributed by atoms with Crippen molar-refractivity contribution in [3.8, 4) is 0 Å². The molecule has 2 unspecified atom stereocenters. The van der Waals surface area contributed by atoms with E-state index >= 15 is 0 Å². The van der Waals surface area contributed by atoms with Crippen LogP contribution in [0.3, 0.4) is 0 Å². The topological polar surface area (TPSA) is 143 Å². The number of rotatable bonds is 7. The van der Waals surface area contributed by atoms with Crippen LogP contribution in [0.15, 0.2) is 42.7 Å². The normalized spacial score (nSPS) is 20.0. The predicted octanol–water partition coefficient (Wildman–Crippen LogP) is 4.31. The first-order valence-electron chi connectivity index (χ1n) is 11.6. The van der Waals surface area contributed by atoms with Crippen molar-refractivity contribution in [2.75, 3.05) is 21.6 Å². The van der Waals surface area contributed by atoms with Crippen LogP contribution in [0.5, 0.6) is 0 Å². The number of aromatic nitrogens is 3. The van der Waals surface area contributed by atoms with E-state index in [-0.39, 0.29) is 18.3 Å². The van der Waals surface area contributed by atoms with Crippen LogP contribution >= 0.6 is 0 Å². The van der Waals surface area contributed by atoms with Crippen molar-refractivity contribution in [3.63, 3.8) is 0 Å². The molecular weight excluding hydrogens is 545 g/mol. The molecule has 0 amide bonds. The third-order valence-corrected chi connectivity index (χ3v) is 9.61. The van der Waals surface area contributed by atoms with E-state index < -0.39 is 47.9 Å². The van der Waals surface area contributed by atoms with Crippen molar-refractivity contribution in [1.82, 2.24) is 15.0 Å². The number of alkyl halides is 3. The second-order valence-electron chi connectivity index (χ2n) is 9.16. The SMILES string of the molecule is CS(=O)(=O)Nc1ncccc1CNc1nc(Nc2ccc3c(c2)C2CCCC3S2(=O)=O)ncc1C(F)(F)F. The van der Waals surface area contributed by atoms with Crippen LogP contribution in [-0.4, -0.2) is 38.0 Å².